The fraction of sp³-hybridized carbons (Fsp3) is 0.800. The van der Waals surface area contributed by atoms with Gasteiger partial charge in [0.15, 0.2) is 0 Å². The number of likely N-dealkylation sites (tertiary alicyclic amines) is 1. The van der Waals surface area contributed by atoms with E-state index in [0.717, 1.165) is 32.2 Å². The molecule has 0 radical (unpaired) electrons. The third kappa shape index (κ3) is 5.12. The van der Waals surface area contributed by atoms with Gasteiger partial charge in [-0.15, -0.1) is 0 Å². The molecule has 3 N–H and O–H groups in total. The third-order valence-electron chi connectivity index (χ3n) is 4.12. The first kappa shape index (κ1) is 17.6. The molecule has 1 heterocycles. The molecule has 1 aliphatic heterocycles. The highest BCUT2D eigenvalue weighted by Crippen LogP contribution is 2.17. The maximum absolute atomic E-state index is 12.3. The highest BCUT2D eigenvalue weighted by molar-refractivity contribution is 6.37. The summed E-state index contributed by atoms with van der Waals surface area (Å²) >= 11 is 0. The lowest BCUT2D eigenvalue weighted by Crippen LogP contribution is -2.51. The van der Waals surface area contributed by atoms with Crippen LogP contribution < -0.4 is 11.1 Å². The topological polar surface area (TPSA) is 92.5 Å². The van der Waals surface area contributed by atoms with Crippen molar-refractivity contribution >= 4 is 17.6 Å². The van der Waals surface area contributed by atoms with Crippen molar-refractivity contribution in [3.63, 3.8) is 0 Å². The van der Waals surface area contributed by atoms with Crippen molar-refractivity contribution in [3.8, 4) is 0 Å². The highest BCUT2D eigenvalue weighted by atomic mass is 16.2. The van der Waals surface area contributed by atoms with Gasteiger partial charge in [-0.25, -0.2) is 0 Å². The molecule has 3 atom stereocenters. The van der Waals surface area contributed by atoms with Gasteiger partial charge in [0.05, 0.1) is 12.1 Å². The van der Waals surface area contributed by atoms with Gasteiger partial charge in [-0.05, 0) is 38.8 Å². The van der Waals surface area contributed by atoms with Crippen LogP contribution in [0.1, 0.15) is 46.0 Å². The Labute approximate surface area is 126 Å². The first-order valence-corrected chi connectivity index (χ1v) is 7.71. The van der Waals surface area contributed by atoms with Crippen LogP contribution in [-0.4, -0.2) is 48.2 Å². The molecule has 2 amide bonds. The maximum atomic E-state index is 12.3. The fourth-order valence-electron chi connectivity index (χ4n) is 2.93. The molecule has 0 bridgehead atoms. The van der Waals surface area contributed by atoms with E-state index in [-0.39, 0.29) is 17.9 Å². The van der Waals surface area contributed by atoms with Crippen LogP contribution in [0.2, 0.25) is 0 Å². The van der Waals surface area contributed by atoms with E-state index in [9.17, 15) is 14.4 Å². The third-order valence-corrected chi connectivity index (χ3v) is 4.12. The zero-order chi connectivity index (χ0) is 16.0. The average Bonchev–Trinajstić information content (AvgIpc) is 2.83. The van der Waals surface area contributed by atoms with E-state index >= 15 is 0 Å². The van der Waals surface area contributed by atoms with Gasteiger partial charge in [0, 0.05) is 0 Å². The molecule has 1 aliphatic rings. The summed E-state index contributed by atoms with van der Waals surface area (Å²) in [5, 5.41) is 2.73. The number of carbonyl (C=O) groups is 3. The Morgan fingerprint density at radius 2 is 2.05 bits per heavy atom. The summed E-state index contributed by atoms with van der Waals surface area (Å²) in [5.74, 6) is -1.61. The number of Topliss-reactive ketones (excluding diaryl/α,β-unsaturated/α-hetero) is 1. The second-order valence-corrected chi connectivity index (χ2v) is 6.06. The van der Waals surface area contributed by atoms with Gasteiger partial charge in [-0.1, -0.05) is 26.7 Å². The SMILES string of the molecule is CCCC(C)CC(NC(=O)C1CCCN1C)C(=O)C(N)=O. The van der Waals surface area contributed by atoms with E-state index in [2.05, 4.69) is 12.2 Å². The zero-order valence-electron chi connectivity index (χ0n) is 13.2. The minimum absolute atomic E-state index is 0.182. The standard InChI is InChI=1S/C15H27N3O3/c1-4-6-10(2)9-11(13(19)14(16)20)17-15(21)12-7-5-8-18(12)3/h10-12H,4-9H2,1-3H3,(H2,16,20)(H,17,21). The molecule has 1 saturated heterocycles. The average molecular weight is 297 g/mol. The van der Waals surface area contributed by atoms with E-state index in [4.69, 9.17) is 5.73 Å². The number of likely N-dealkylation sites (N-methyl/N-ethyl adjacent to an activating group) is 1. The van der Waals surface area contributed by atoms with Gasteiger partial charge in [0.25, 0.3) is 5.91 Å². The molecule has 1 fully saturated rings. The highest BCUT2D eigenvalue weighted by Gasteiger charge is 2.32. The van der Waals surface area contributed by atoms with Crippen molar-refractivity contribution in [1.82, 2.24) is 10.2 Å². The Bertz CT molecular complexity index is 398. The van der Waals surface area contributed by atoms with E-state index in [0.29, 0.717) is 6.42 Å². The number of nitrogens with one attached hydrogen (secondary N) is 1. The van der Waals surface area contributed by atoms with Crippen molar-refractivity contribution in [1.29, 1.82) is 0 Å². The smallest absolute Gasteiger partial charge is 0.287 e. The number of hydrogen-bond donors (Lipinski definition) is 2. The number of hydrogen-bond acceptors (Lipinski definition) is 4. The van der Waals surface area contributed by atoms with Crippen molar-refractivity contribution < 1.29 is 14.4 Å². The summed E-state index contributed by atoms with van der Waals surface area (Å²) in [5.41, 5.74) is 5.09. The van der Waals surface area contributed by atoms with Gasteiger partial charge in [-0.3, -0.25) is 19.3 Å². The van der Waals surface area contributed by atoms with Crippen LogP contribution in [0.15, 0.2) is 0 Å². The zero-order valence-corrected chi connectivity index (χ0v) is 13.2. The summed E-state index contributed by atoms with van der Waals surface area (Å²) in [4.78, 5) is 37.3. The van der Waals surface area contributed by atoms with Crippen LogP contribution in [0, 0.1) is 5.92 Å². The van der Waals surface area contributed by atoms with E-state index in [1.807, 2.05) is 18.9 Å². The predicted octanol–water partition coefficient (Wildman–Crippen LogP) is 0.446. The van der Waals surface area contributed by atoms with Crippen LogP contribution in [0.5, 0.6) is 0 Å². The van der Waals surface area contributed by atoms with Crippen LogP contribution in [-0.2, 0) is 14.4 Å². The van der Waals surface area contributed by atoms with Crippen LogP contribution in [0.25, 0.3) is 0 Å². The van der Waals surface area contributed by atoms with Gasteiger partial charge in [0.1, 0.15) is 0 Å². The summed E-state index contributed by atoms with van der Waals surface area (Å²) in [6, 6.07) is -1.01. The van der Waals surface area contributed by atoms with E-state index < -0.39 is 17.7 Å². The molecular formula is C15H27N3O3. The number of carbonyl (C=O) groups excluding carboxylic acids is 3. The normalized spacial score (nSPS) is 21.8. The fourth-order valence-corrected chi connectivity index (χ4v) is 2.93. The van der Waals surface area contributed by atoms with Crippen molar-refractivity contribution in [2.45, 2.75) is 58.0 Å². The van der Waals surface area contributed by atoms with E-state index in [1.165, 1.54) is 0 Å². The Balaban J connectivity index is 2.69. The predicted molar refractivity (Wildman–Crippen MR) is 80.5 cm³/mol. The monoisotopic (exact) mass is 297 g/mol. The first-order valence-electron chi connectivity index (χ1n) is 7.71. The van der Waals surface area contributed by atoms with Gasteiger partial charge < -0.3 is 11.1 Å². The van der Waals surface area contributed by atoms with E-state index in [1.54, 1.807) is 0 Å². The second kappa shape index (κ2) is 8.12. The van der Waals surface area contributed by atoms with Crippen molar-refractivity contribution in [3.05, 3.63) is 0 Å². The molecule has 0 saturated carbocycles. The summed E-state index contributed by atoms with van der Waals surface area (Å²) in [6.07, 6.45) is 4.15. The van der Waals surface area contributed by atoms with Gasteiger partial charge >= 0.3 is 0 Å². The molecule has 3 unspecified atom stereocenters. The molecule has 120 valence electrons. The number of rotatable bonds is 8. The lowest BCUT2D eigenvalue weighted by Gasteiger charge is -2.24. The lowest BCUT2D eigenvalue weighted by molar-refractivity contribution is -0.139. The molecule has 0 aliphatic carbocycles. The first-order chi connectivity index (χ1) is 9.86. The summed E-state index contributed by atoms with van der Waals surface area (Å²) < 4.78 is 0. The maximum Gasteiger partial charge on any atom is 0.287 e. The Morgan fingerprint density at radius 3 is 2.52 bits per heavy atom. The summed E-state index contributed by atoms with van der Waals surface area (Å²) in [7, 11) is 1.89. The minimum Gasteiger partial charge on any atom is -0.363 e. The Hall–Kier alpha value is -1.43. The minimum atomic E-state index is -0.983. The van der Waals surface area contributed by atoms with Crippen LogP contribution >= 0.6 is 0 Å². The molecule has 0 aromatic rings. The van der Waals surface area contributed by atoms with Crippen molar-refractivity contribution in [2.75, 3.05) is 13.6 Å². The molecule has 0 aromatic carbocycles. The Kier molecular flexibility index (Phi) is 6.81. The van der Waals surface area contributed by atoms with Crippen molar-refractivity contribution in [2.24, 2.45) is 11.7 Å². The number of nitrogens with two attached hydrogens (primary N) is 1. The lowest BCUT2D eigenvalue weighted by atomic mass is 9.94. The molecule has 21 heavy (non-hydrogen) atoms. The number of nitrogens with zero attached hydrogens (tertiary/aromatic N) is 1. The van der Waals surface area contributed by atoms with Crippen LogP contribution in [0.3, 0.4) is 0 Å². The molecule has 6 nitrogen and oxygen atoms in total. The molecule has 1 rings (SSSR count). The number of primary amides is 1. The van der Waals surface area contributed by atoms with Crippen LogP contribution in [0.4, 0.5) is 0 Å². The van der Waals surface area contributed by atoms with Gasteiger partial charge in [-0.2, -0.15) is 0 Å². The molecule has 6 heteroatoms. The van der Waals surface area contributed by atoms with Gasteiger partial charge in [0.2, 0.25) is 11.7 Å². The quantitative estimate of drug-likeness (QED) is 0.636. The molecular weight excluding hydrogens is 270 g/mol. The summed E-state index contributed by atoms with van der Waals surface area (Å²) in [6.45, 7) is 4.95. The molecule has 0 aromatic heterocycles. The Morgan fingerprint density at radius 1 is 1.38 bits per heavy atom. The second-order valence-electron chi connectivity index (χ2n) is 6.06. The number of ketones is 1. The largest absolute Gasteiger partial charge is 0.363 e. The number of amides is 2. The molecule has 0 spiro atoms.